The quantitative estimate of drug-likeness (QED) is 0.387. The second kappa shape index (κ2) is 8.49. The van der Waals surface area contributed by atoms with E-state index in [0.717, 1.165) is 0 Å². The van der Waals surface area contributed by atoms with Crippen LogP contribution in [0.5, 0.6) is 0 Å². The minimum atomic E-state index is -1.24. The first-order chi connectivity index (χ1) is 13.1. The Kier molecular flexibility index (Phi) is 5.64. The Labute approximate surface area is 156 Å². The number of rotatable bonds is 6. The summed E-state index contributed by atoms with van der Waals surface area (Å²) in [6.07, 6.45) is 1.46. The maximum absolute atomic E-state index is 12.8. The molecule has 0 unspecified atom stereocenters. The molecule has 5 nitrogen and oxygen atoms in total. The molecule has 0 aliphatic carbocycles. The van der Waals surface area contributed by atoms with Crippen LogP contribution < -0.4 is 5.11 Å². The van der Waals surface area contributed by atoms with E-state index in [1.165, 1.54) is 18.3 Å². The first-order valence-corrected chi connectivity index (χ1v) is 8.23. The molecule has 0 spiro atoms. The maximum Gasteiger partial charge on any atom is 0.213 e. The molecule has 0 atom stereocenters. The molecule has 0 aromatic heterocycles. The third-order valence-electron chi connectivity index (χ3n) is 3.81. The summed E-state index contributed by atoms with van der Waals surface area (Å²) in [5.74, 6) is -1.47. The molecule has 0 N–H and O–H groups in total. The topological polar surface area (TPSA) is 81.9 Å². The van der Waals surface area contributed by atoms with E-state index in [9.17, 15) is 14.7 Å². The molecule has 5 heteroatoms. The van der Waals surface area contributed by atoms with Gasteiger partial charge < -0.3 is 9.90 Å². The van der Waals surface area contributed by atoms with Crippen LogP contribution in [0.15, 0.2) is 95.1 Å². The minimum Gasteiger partial charge on any atom is -0.545 e. The SMILES string of the molecule is O=C([O-])c1ccc(/C=N\N=C(/C(=O)c2ccccc2)c2ccccc2)cc1. The predicted octanol–water partition coefficient (Wildman–Crippen LogP) is 2.76. The van der Waals surface area contributed by atoms with E-state index in [-0.39, 0.29) is 17.1 Å². The molecule has 3 aromatic rings. The summed E-state index contributed by atoms with van der Waals surface area (Å²) in [5, 5.41) is 18.9. The van der Waals surface area contributed by atoms with E-state index >= 15 is 0 Å². The monoisotopic (exact) mass is 355 g/mol. The van der Waals surface area contributed by atoms with Crippen molar-refractivity contribution < 1.29 is 14.7 Å². The lowest BCUT2D eigenvalue weighted by molar-refractivity contribution is -0.255. The van der Waals surface area contributed by atoms with Crippen LogP contribution in [0, 0.1) is 0 Å². The predicted molar refractivity (Wildman–Crippen MR) is 102 cm³/mol. The summed E-state index contributed by atoms with van der Waals surface area (Å²) in [6.45, 7) is 0. The Morgan fingerprint density at radius 3 is 1.81 bits per heavy atom. The number of nitrogens with zero attached hydrogens (tertiary/aromatic N) is 2. The van der Waals surface area contributed by atoms with Gasteiger partial charge in [-0.15, -0.1) is 5.10 Å². The van der Waals surface area contributed by atoms with Crippen LogP contribution in [-0.2, 0) is 0 Å². The molecule has 0 amide bonds. The van der Waals surface area contributed by atoms with Crippen molar-refractivity contribution in [2.75, 3.05) is 0 Å². The van der Waals surface area contributed by atoms with Crippen LogP contribution >= 0.6 is 0 Å². The molecule has 0 heterocycles. The van der Waals surface area contributed by atoms with Crippen LogP contribution in [-0.4, -0.2) is 23.7 Å². The maximum atomic E-state index is 12.8. The normalized spacial score (nSPS) is 11.5. The third kappa shape index (κ3) is 4.61. The van der Waals surface area contributed by atoms with Gasteiger partial charge in [-0.05, 0) is 11.1 Å². The highest BCUT2D eigenvalue weighted by atomic mass is 16.4. The molecule has 0 aliphatic rings. The molecule has 0 radical (unpaired) electrons. The van der Waals surface area contributed by atoms with Crippen molar-refractivity contribution in [3.8, 4) is 0 Å². The number of carbonyl (C=O) groups is 2. The molecule has 0 bridgehead atoms. The number of carboxylic acid groups (broad SMARTS) is 1. The zero-order valence-electron chi connectivity index (χ0n) is 14.3. The zero-order valence-corrected chi connectivity index (χ0v) is 14.3. The molecule has 27 heavy (non-hydrogen) atoms. The molecule has 132 valence electrons. The number of aromatic carboxylic acids is 1. The molecule has 0 aliphatic heterocycles. The number of carboxylic acids is 1. The van der Waals surface area contributed by atoms with Gasteiger partial charge in [0.05, 0.1) is 12.2 Å². The molecule has 0 fully saturated rings. The van der Waals surface area contributed by atoms with Gasteiger partial charge in [0.1, 0.15) is 5.71 Å². The van der Waals surface area contributed by atoms with Crippen molar-refractivity contribution >= 4 is 23.7 Å². The Morgan fingerprint density at radius 1 is 0.704 bits per heavy atom. The largest absolute Gasteiger partial charge is 0.545 e. The first kappa shape index (κ1) is 17.9. The second-order valence-corrected chi connectivity index (χ2v) is 5.66. The lowest BCUT2D eigenvalue weighted by Crippen LogP contribution is -2.21. The summed E-state index contributed by atoms with van der Waals surface area (Å²) in [4.78, 5) is 23.6. The number of hydrogen-bond acceptors (Lipinski definition) is 5. The highest BCUT2D eigenvalue weighted by Crippen LogP contribution is 2.10. The van der Waals surface area contributed by atoms with Gasteiger partial charge >= 0.3 is 0 Å². The summed E-state index contributed by atoms with van der Waals surface area (Å²) in [7, 11) is 0. The van der Waals surface area contributed by atoms with E-state index in [1.54, 1.807) is 48.5 Å². The van der Waals surface area contributed by atoms with Crippen molar-refractivity contribution in [1.29, 1.82) is 0 Å². The number of Topliss-reactive ketones (excluding diaryl/α,β-unsaturated/α-hetero) is 1. The summed E-state index contributed by atoms with van der Waals surface area (Å²) in [5.41, 5.74) is 2.15. The highest BCUT2D eigenvalue weighted by Gasteiger charge is 2.15. The van der Waals surface area contributed by atoms with Crippen molar-refractivity contribution in [3.05, 3.63) is 107 Å². The van der Waals surface area contributed by atoms with Gasteiger partial charge in [-0.25, -0.2) is 0 Å². The minimum absolute atomic E-state index is 0.0832. The Morgan fingerprint density at radius 2 is 1.26 bits per heavy atom. The molecular formula is C22H15N2O3-. The fourth-order valence-corrected chi connectivity index (χ4v) is 2.42. The number of benzene rings is 3. The van der Waals surface area contributed by atoms with Crippen LogP contribution in [0.4, 0.5) is 0 Å². The number of carbonyl (C=O) groups excluding carboxylic acids is 2. The number of ketones is 1. The standard InChI is InChI=1S/C22H16N2O3/c25-21(18-9-5-2-6-10-18)20(17-7-3-1-4-8-17)24-23-15-16-11-13-19(14-12-16)22(26)27/h1-15H,(H,26,27)/p-1/b23-15-,24-20-. The van der Waals surface area contributed by atoms with Gasteiger partial charge in [-0.1, -0.05) is 84.9 Å². The van der Waals surface area contributed by atoms with Crippen molar-refractivity contribution in [3.63, 3.8) is 0 Å². The smallest absolute Gasteiger partial charge is 0.213 e. The average molecular weight is 355 g/mol. The van der Waals surface area contributed by atoms with Crippen molar-refractivity contribution in [2.24, 2.45) is 10.2 Å². The Hall–Kier alpha value is -3.86. The van der Waals surface area contributed by atoms with Crippen LogP contribution in [0.25, 0.3) is 0 Å². The van der Waals surface area contributed by atoms with E-state index in [1.807, 2.05) is 24.3 Å². The highest BCUT2D eigenvalue weighted by molar-refractivity contribution is 6.51. The molecule has 3 rings (SSSR count). The summed E-state index contributed by atoms with van der Waals surface area (Å²) >= 11 is 0. The van der Waals surface area contributed by atoms with Gasteiger partial charge in [0.2, 0.25) is 5.78 Å². The molecule has 3 aromatic carbocycles. The van der Waals surface area contributed by atoms with E-state index in [4.69, 9.17) is 0 Å². The van der Waals surface area contributed by atoms with Gasteiger partial charge in [0, 0.05) is 11.1 Å². The average Bonchev–Trinajstić information content (AvgIpc) is 2.72. The van der Waals surface area contributed by atoms with E-state index in [0.29, 0.717) is 16.7 Å². The van der Waals surface area contributed by atoms with Crippen molar-refractivity contribution in [1.82, 2.24) is 0 Å². The van der Waals surface area contributed by atoms with E-state index < -0.39 is 5.97 Å². The first-order valence-electron chi connectivity index (χ1n) is 8.23. The van der Waals surface area contributed by atoms with Crippen LogP contribution in [0.2, 0.25) is 0 Å². The zero-order chi connectivity index (χ0) is 19.1. The van der Waals surface area contributed by atoms with Crippen LogP contribution in [0.1, 0.15) is 31.8 Å². The summed E-state index contributed by atoms with van der Waals surface area (Å²) in [6, 6.07) is 24.0. The fourth-order valence-electron chi connectivity index (χ4n) is 2.42. The van der Waals surface area contributed by atoms with Crippen LogP contribution in [0.3, 0.4) is 0 Å². The lowest BCUT2D eigenvalue weighted by atomic mass is 10.0. The van der Waals surface area contributed by atoms with Crippen molar-refractivity contribution in [2.45, 2.75) is 0 Å². The molecule has 0 saturated heterocycles. The van der Waals surface area contributed by atoms with Gasteiger partial charge in [-0.3, -0.25) is 4.79 Å². The molecular weight excluding hydrogens is 340 g/mol. The van der Waals surface area contributed by atoms with Gasteiger partial charge in [0.15, 0.2) is 0 Å². The lowest BCUT2D eigenvalue weighted by Gasteiger charge is -2.04. The molecule has 0 saturated carbocycles. The fraction of sp³-hybridized carbons (Fsp3) is 0. The number of hydrogen-bond donors (Lipinski definition) is 0. The Bertz CT molecular complexity index is 993. The summed E-state index contributed by atoms with van der Waals surface area (Å²) < 4.78 is 0. The second-order valence-electron chi connectivity index (χ2n) is 5.66. The van der Waals surface area contributed by atoms with E-state index in [2.05, 4.69) is 10.2 Å². The van der Waals surface area contributed by atoms with Gasteiger partial charge in [0.25, 0.3) is 0 Å². The Balaban J connectivity index is 1.90. The van der Waals surface area contributed by atoms with Gasteiger partial charge in [-0.2, -0.15) is 5.10 Å². The third-order valence-corrected chi connectivity index (χ3v) is 3.81.